The van der Waals surface area contributed by atoms with Crippen LogP contribution in [0.2, 0.25) is 0 Å². The topological polar surface area (TPSA) is 6.48 Å². The molecule has 0 aromatic carbocycles. The molecule has 0 spiro atoms. The Morgan fingerprint density at radius 3 is 2.39 bits per heavy atom. The van der Waals surface area contributed by atoms with Gasteiger partial charge in [0, 0.05) is 25.0 Å². The lowest BCUT2D eigenvalue weighted by Crippen LogP contribution is -2.50. The molecule has 0 saturated carbocycles. The normalized spacial score (nSPS) is 25.9. The Hall–Kier alpha value is 0.0100. The van der Waals surface area contributed by atoms with Crippen LogP contribution in [0.15, 0.2) is 12.2 Å². The van der Waals surface area contributed by atoms with Gasteiger partial charge >= 0.3 is 0 Å². The summed E-state index contributed by atoms with van der Waals surface area (Å²) in [7, 11) is 0. The average Bonchev–Trinajstić information content (AvgIpc) is 2.23. The molecule has 0 bridgehead atoms. The molecule has 18 heavy (non-hydrogen) atoms. The van der Waals surface area contributed by atoms with E-state index < -0.39 is 0 Å². The molecule has 104 valence electrons. The van der Waals surface area contributed by atoms with E-state index in [1.807, 2.05) is 0 Å². The summed E-state index contributed by atoms with van der Waals surface area (Å²) < 4.78 is 0. The third-order valence-corrected chi connectivity index (χ3v) is 4.71. The molecule has 1 unspecified atom stereocenters. The zero-order chi connectivity index (χ0) is 13.1. The first-order valence-corrected chi connectivity index (χ1v) is 7.85. The standard InChI is InChI=1S/C15H28N2S/c1-12(2)9-16-6-4-14(5-7-16)8-15-10-17(11-15)13(3)18/h13-15,18H,1,4-11H2,2-3H3. The molecule has 2 saturated heterocycles. The first-order valence-electron chi connectivity index (χ1n) is 7.33. The molecule has 0 aliphatic carbocycles. The lowest BCUT2D eigenvalue weighted by atomic mass is 9.83. The summed E-state index contributed by atoms with van der Waals surface area (Å²) in [6.45, 7) is 14.5. The average molecular weight is 268 g/mol. The summed E-state index contributed by atoms with van der Waals surface area (Å²) in [4.78, 5) is 5.02. The van der Waals surface area contributed by atoms with E-state index >= 15 is 0 Å². The van der Waals surface area contributed by atoms with Crippen molar-refractivity contribution in [2.24, 2.45) is 11.8 Å². The van der Waals surface area contributed by atoms with Crippen molar-refractivity contribution >= 4 is 12.6 Å². The third kappa shape index (κ3) is 4.01. The molecule has 1 atom stereocenters. The number of rotatable bonds is 5. The SMILES string of the molecule is C=C(C)CN1CCC(CC2CN(C(C)S)C2)CC1. The van der Waals surface area contributed by atoms with Gasteiger partial charge in [0.05, 0.1) is 0 Å². The lowest BCUT2D eigenvalue weighted by molar-refractivity contribution is 0.0642. The Kier molecular flexibility index (Phi) is 5.16. The van der Waals surface area contributed by atoms with Gasteiger partial charge in [-0.15, -0.1) is 0 Å². The van der Waals surface area contributed by atoms with Gasteiger partial charge in [-0.25, -0.2) is 0 Å². The Bertz CT molecular complexity index is 276. The molecule has 0 aromatic rings. The highest BCUT2D eigenvalue weighted by molar-refractivity contribution is 7.80. The van der Waals surface area contributed by atoms with Gasteiger partial charge in [0.25, 0.3) is 0 Å². The van der Waals surface area contributed by atoms with Crippen LogP contribution >= 0.6 is 12.6 Å². The number of hydrogen-bond acceptors (Lipinski definition) is 3. The Labute approximate surface area is 118 Å². The number of nitrogens with zero attached hydrogens (tertiary/aromatic N) is 2. The van der Waals surface area contributed by atoms with Crippen molar-refractivity contribution in [3.63, 3.8) is 0 Å². The minimum Gasteiger partial charge on any atom is -0.299 e. The van der Waals surface area contributed by atoms with E-state index in [4.69, 9.17) is 0 Å². The summed E-state index contributed by atoms with van der Waals surface area (Å²) >= 11 is 4.49. The fourth-order valence-corrected chi connectivity index (χ4v) is 3.49. The summed E-state index contributed by atoms with van der Waals surface area (Å²) in [5.41, 5.74) is 1.30. The number of hydrogen-bond donors (Lipinski definition) is 1. The van der Waals surface area contributed by atoms with Gasteiger partial charge in [-0.05, 0) is 58.0 Å². The van der Waals surface area contributed by atoms with Crippen molar-refractivity contribution in [2.45, 2.75) is 38.5 Å². The van der Waals surface area contributed by atoms with Crippen molar-refractivity contribution < 1.29 is 0 Å². The maximum absolute atomic E-state index is 4.49. The van der Waals surface area contributed by atoms with Gasteiger partial charge in [-0.2, -0.15) is 12.6 Å². The Balaban J connectivity index is 1.61. The summed E-state index contributed by atoms with van der Waals surface area (Å²) in [6.07, 6.45) is 4.22. The van der Waals surface area contributed by atoms with Crippen molar-refractivity contribution in [1.82, 2.24) is 9.80 Å². The van der Waals surface area contributed by atoms with E-state index in [2.05, 4.69) is 42.9 Å². The highest BCUT2D eigenvalue weighted by Crippen LogP contribution is 2.30. The molecule has 0 amide bonds. The van der Waals surface area contributed by atoms with Crippen LogP contribution in [-0.2, 0) is 0 Å². The summed E-state index contributed by atoms with van der Waals surface area (Å²) in [5, 5.41) is 0.443. The second kappa shape index (κ2) is 6.44. The lowest BCUT2D eigenvalue weighted by Gasteiger charge is -2.44. The molecule has 2 aliphatic rings. The second-order valence-electron chi connectivity index (χ2n) is 6.36. The molecule has 2 aliphatic heterocycles. The van der Waals surface area contributed by atoms with E-state index in [1.165, 1.54) is 51.0 Å². The van der Waals surface area contributed by atoms with E-state index in [-0.39, 0.29) is 0 Å². The smallest absolute Gasteiger partial charge is 0.0499 e. The fourth-order valence-electron chi connectivity index (χ4n) is 3.30. The molecule has 3 heteroatoms. The van der Waals surface area contributed by atoms with Crippen LogP contribution in [-0.4, -0.2) is 47.9 Å². The molecular weight excluding hydrogens is 240 g/mol. The maximum Gasteiger partial charge on any atom is 0.0499 e. The molecule has 0 N–H and O–H groups in total. The van der Waals surface area contributed by atoms with Gasteiger partial charge in [-0.1, -0.05) is 12.2 Å². The fraction of sp³-hybridized carbons (Fsp3) is 0.867. The van der Waals surface area contributed by atoms with Crippen LogP contribution in [0.1, 0.15) is 33.1 Å². The van der Waals surface area contributed by atoms with E-state index in [9.17, 15) is 0 Å². The second-order valence-corrected chi connectivity index (χ2v) is 7.11. The molecule has 0 radical (unpaired) electrons. The van der Waals surface area contributed by atoms with Crippen molar-refractivity contribution in [3.05, 3.63) is 12.2 Å². The van der Waals surface area contributed by atoms with E-state index in [0.717, 1.165) is 18.4 Å². The number of piperidine rings is 1. The molecule has 0 aromatic heterocycles. The zero-order valence-corrected chi connectivity index (χ0v) is 12.8. The summed E-state index contributed by atoms with van der Waals surface area (Å²) in [5.74, 6) is 1.91. The first kappa shape index (κ1) is 14.4. The third-order valence-electron chi connectivity index (χ3n) is 4.38. The molecule has 2 nitrogen and oxygen atoms in total. The molecule has 2 rings (SSSR count). The van der Waals surface area contributed by atoms with Crippen LogP contribution < -0.4 is 0 Å². The minimum absolute atomic E-state index is 0.443. The maximum atomic E-state index is 4.49. The van der Waals surface area contributed by atoms with Gasteiger partial charge in [0.2, 0.25) is 0 Å². The van der Waals surface area contributed by atoms with Crippen LogP contribution in [0.3, 0.4) is 0 Å². The highest BCUT2D eigenvalue weighted by Gasteiger charge is 2.31. The Morgan fingerprint density at radius 2 is 1.89 bits per heavy atom. The predicted molar refractivity (Wildman–Crippen MR) is 82.1 cm³/mol. The largest absolute Gasteiger partial charge is 0.299 e. The van der Waals surface area contributed by atoms with E-state index in [0.29, 0.717) is 5.37 Å². The first-order chi connectivity index (χ1) is 8.54. The van der Waals surface area contributed by atoms with Gasteiger partial charge < -0.3 is 0 Å². The van der Waals surface area contributed by atoms with Crippen LogP contribution in [0.5, 0.6) is 0 Å². The zero-order valence-electron chi connectivity index (χ0n) is 11.9. The predicted octanol–water partition coefficient (Wildman–Crippen LogP) is 2.87. The van der Waals surface area contributed by atoms with Crippen LogP contribution in [0, 0.1) is 11.8 Å². The van der Waals surface area contributed by atoms with Crippen LogP contribution in [0.25, 0.3) is 0 Å². The van der Waals surface area contributed by atoms with Crippen molar-refractivity contribution in [3.8, 4) is 0 Å². The molecular formula is C15H28N2S. The number of thiol groups is 1. The minimum atomic E-state index is 0.443. The molecule has 2 heterocycles. The van der Waals surface area contributed by atoms with Gasteiger partial charge in [0.1, 0.15) is 0 Å². The highest BCUT2D eigenvalue weighted by atomic mass is 32.1. The van der Waals surface area contributed by atoms with Gasteiger partial charge in [-0.3, -0.25) is 9.80 Å². The quantitative estimate of drug-likeness (QED) is 0.605. The van der Waals surface area contributed by atoms with Gasteiger partial charge in [0.15, 0.2) is 0 Å². The monoisotopic (exact) mass is 268 g/mol. The van der Waals surface area contributed by atoms with Crippen LogP contribution in [0.4, 0.5) is 0 Å². The van der Waals surface area contributed by atoms with E-state index in [1.54, 1.807) is 0 Å². The Morgan fingerprint density at radius 1 is 1.28 bits per heavy atom. The van der Waals surface area contributed by atoms with Crippen molar-refractivity contribution in [1.29, 1.82) is 0 Å². The van der Waals surface area contributed by atoms with Crippen molar-refractivity contribution in [2.75, 3.05) is 32.7 Å². The number of likely N-dealkylation sites (tertiary alicyclic amines) is 2. The summed E-state index contributed by atoms with van der Waals surface area (Å²) in [6, 6.07) is 0. The molecule has 2 fully saturated rings.